The summed E-state index contributed by atoms with van der Waals surface area (Å²) >= 11 is 0. The van der Waals surface area contributed by atoms with Gasteiger partial charge >= 0.3 is 5.97 Å². The maximum Gasteiger partial charge on any atom is 0.351 e. The van der Waals surface area contributed by atoms with Gasteiger partial charge in [0.05, 0.1) is 0 Å². The summed E-state index contributed by atoms with van der Waals surface area (Å²) < 4.78 is 0. The number of nitrogens with zero attached hydrogens (tertiary/aromatic N) is 1. The Morgan fingerprint density at radius 3 is 2.54 bits per heavy atom. The molecule has 2 N–H and O–H groups in total. The quantitative estimate of drug-likeness (QED) is 0.514. The molecule has 4 heteroatoms. The fraction of sp³-hybridized carbons (Fsp3) is 0.778. The predicted octanol–water partition coefficient (Wildman–Crippen LogP) is 1.37. The number of hydrazone groups is 1. The molecule has 1 aliphatic rings. The van der Waals surface area contributed by atoms with Crippen molar-refractivity contribution in [2.45, 2.75) is 45.1 Å². The second-order valence-corrected chi connectivity index (χ2v) is 3.47. The van der Waals surface area contributed by atoms with E-state index in [9.17, 15) is 4.79 Å². The van der Waals surface area contributed by atoms with Crippen molar-refractivity contribution in [3.8, 4) is 0 Å². The lowest BCUT2D eigenvalue weighted by molar-refractivity contribution is -0.129. The van der Waals surface area contributed by atoms with Gasteiger partial charge in [-0.15, -0.1) is 0 Å². The molecule has 0 saturated heterocycles. The molecule has 0 unspecified atom stereocenters. The molecule has 1 aliphatic carbocycles. The van der Waals surface area contributed by atoms with E-state index >= 15 is 0 Å². The SMILES string of the molecule is C/C(=N/NC1CCCCC1)C(=O)O. The molecule has 1 fully saturated rings. The van der Waals surface area contributed by atoms with Crippen molar-refractivity contribution in [1.29, 1.82) is 0 Å². The average molecular weight is 184 g/mol. The van der Waals surface area contributed by atoms with Gasteiger partial charge < -0.3 is 10.5 Å². The van der Waals surface area contributed by atoms with Gasteiger partial charge in [0, 0.05) is 6.04 Å². The Morgan fingerprint density at radius 2 is 2.00 bits per heavy atom. The molecule has 0 aliphatic heterocycles. The summed E-state index contributed by atoms with van der Waals surface area (Å²) in [4.78, 5) is 10.4. The van der Waals surface area contributed by atoms with Crippen LogP contribution in [0.1, 0.15) is 39.0 Å². The van der Waals surface area contributed by atoms with Crippen LogP contribution in [0, 0.1) is 0 Å². The minimum atomic E-state index is -0.955. The minimum Gasteiger partial charge on any atom is -0.477 e. The third-order valence-corrected chi connectivity index (χ3v) is 2.33. The molecule has 0 spiro atoms. The normalized spacial score (nSPS) is 19.9. The highest BCUT2D eigenvalue weighted by molar-refractivity contribution is 6.34. The van der Waals surface area contributed by atoms with Gasteiger partial charge in [0.2, 0.25) is 0 Å². The molecule has 4 nitrogen and oxygen atoms in total. The summed E-state index contributed by atoms with van der Waals surface area (Å²) in [7, 11) is 0. The maximum atomic E-state index is 10.4. The Morgan fingerprint density at radius 1 is 1.38 bits per heavy atom. The maximum absolute atomic E-state index is 10.4. The minimum absolute atomic E-state index is 0.130. The molecule has 0 aromatic carbocycles. The molecule has 1 saturated carbocycles. The van der Waals surface area contributed by atoms with E-state index in [1.54, 1.807) is 0 Å². The lowest BCUT2D eigenvalue weighted by Gasteiger charge is -2.20. The summed E-state index contributed by atoms with van der Waals surface area (Å²) in [5.74, 6) is -0.955. The lowest BCUT2D eigenvalue weighted by atomic mass is 9.96. The van der Waals surface area contributed by atoms with Crippen LogP contribution in [0.4, 0.5) is 0 Å². The van der Waals surface area contributed by atoms with Crippen LogP contribution in [0.5, 0.6) is 0 Å². The summed E-state index contributed by atoms with van der Waals surface area (Å²) in [6, 6.07) is 0.378. The molecular formula is C9H16N2O2. The molecule has 0 amide bonds. The van der Waals surface area contributed by atoms with Gasteiger partial charge in [-0.25, -0.2) is 4.79 Å². The van der Waals surface area contributed by atoms with E-state index in [2.05, 4.69) is 10.5 Å². The zero-order valence-electron chi connectivity index (χ0n) is 7.92. The first-order valence-corrected chi connectivity index (χ1v) is 4.73. The smallest absolute Gasteiger partial charge is 0.351 e. The first-order chi connectivity index (χ1) is 6.20. The second kappa shape index (κ2) is 4.84. The molecule has 74 valence electrons. The first kappa shape index (κ1) is 10.0. The zero-order chi connectivity index (χ0) is 9.68. The van der Waals surface area contributed by atoms with Gasteiger partial charge in [0.25, 0.3) is 0 Å². The van der Waals surface area contributed by atoms with Crippen LogP contribution in [-0.2, 0) is 4.79 Å². The summed E-state index contributed by atoms with van der Waals surface area (Å²) in [6.45, 7) is 1.50. The van der Waals surface area contributed by atoms with Crippen LogP contribution in [-0.4, -0.2) is 22.8 Å². The fourth-order valence-corrected chi connectivity index (χ4v) is 1.47. The van der Waals surface area contributed by atoms with Crippen LogP contribution < -0.4 is 5.43 Å². The molecule has 0 radical (unpaired) electrons. The Hall–Kier alpha value is -1.06. The highest BCUT2D eigenvalue weighted by Crippen LogP contribution is 2.17. The van der Waals surface area contributed by atoms with Crippen LogP contribution >= 0.6 is 0 Å². The monoisotopic (exact) mass is 184 g/mol. The van der Waals surface area contributed by atoms with E-state index in [1.165, 1.54) is 26.2 Å². The number of aliphatic carboxylic acids is 1. The van der Waals surface area contributed by atoms with Crippen molar-refractivity contribution in [3.05, 3.63) is 0 Å². The van der Waals surface area contributed by atoms with Gasteiger partial charge in [-0.05, 0) is 19.8 Å². The van der Waals surface area contributed by atoms with Crippen LogP contribution in [0.15, 0.2) is 5.10 Å². The standard InChI is InChI=1S/C9H16N2O2/c1-7(9(12)13)10-11-8-5-3-2-4-6-8/h8,11H,2-6H2,1H3,(H,12,13)/b10-7-. The second-order valence-electron chi connectivity index (χ2n) is 3.47. The average Bonchev–Trinajstić information content (AvgIpc) is 2.15. The van der Waals surface area contributed by atoms with Gasteiger partial charge in [0.1, 0.15) is 5.71 Å². The van der Waals surface area contributed by atoms with Crippen LogP contribution in [0.3, 0.4) is 0 Å². The topological polar surface area (TPSA) is 61.7 Å². The number of hydrogen-bond acceptors (Lipinski definition) is 3. The Balaban J connectivity index is 2.31. The van der Waals surface area contributed by atoms with Crippen LogP contribution in [0.25, 0.3) is 0 Å². The van der Waals surface area contributed by atoms with Crippen molar-refractivity contribution in [2.24, 2.45) is 5.10 Å². The largest absolute Gasteiger partial charge is 0.477 e. The van der Waals surface area contributed by atoms with E-state index in [4.69, 9.17) is 5.11 Å². The van der Waals surface area contributed by atoms with Gasteiger partial charge in [-0.3, -0.25) is 0 Å². The summed E-state index contributed by atoms with van der Waals surface area (Å²) in [6.07, 6.45) is 5.95. The summed E-state index contributed by atoms with van der Waals surface area (Å²) in [5.41, 5.74) is 3.04. The van der Waals surface area contributed by atoms with Gasteiger partial charge in [-0.2, -0.15) is 5.10 Å². The lowest BCUT2D eigenvalue weighted by Crippen LogP contribution is -2.28. The molecule has 0 bridgehead atoms. The van der Waals surface area contributed by atoms with Gasteiger partial charge in [-0.1, -0.05) is 19.3 Å². The Bertz CT molecular complexity index is 208. The van der Waals surface area contributed by atoms with E-state index in [0.29, 0.717) is 6.04 Å². The van der Waals surface area contributed by atoms with Crippen molar-refractivity contribution < 1.29 is 9.90 Å². The number of hydrogen-bond donors (Lipinski definition) is 2. The zero-order valence-corrected chi connectivity index (χ0v) is 7.92. The van der Waals surface area contributed by atoms with E-state index in [-0.39, 0.29) is 5.71 Å². The summed E-state index contributed by atoms with van der Waals surface area (Å²) in [5, 5.41) is 12.4. The number of rotatable bonds is 3. The van der Waals surface area contributed by atoms with Gasteiger partial charge in [0.15, 0.2) is 0 Å². The highest BCUT2D eigenvalue weighted by atomic mass is 16.4. The third-order valence-electron chi connectivity index (χ3n) is 2.33. The molecule has 0 atom stereocenters. The Labute approximate surface area is 78.0 Å². The molecular weight excluding hydrogens is 168 g/mol. The Kier molecular flexibility index (Phi) is 3.73. The first-order valence-electron chi connectivity index (χ1n) is 4.73. The number of carboxylic acid groups (broad SMARTS) is 1. The molecule has 13 heavy (non-hydrogen) atoms. The third kappa shape index (κ3) is 3.44. The highest BCUT2D eigenvalue weighted by Gasteiger charge is 2.12. The van der Waals surface area contributed by atoms with Crippen molar-refractivity contribution >= 4 is 11.7 Å². The van der Waals surface area contributed by atoms with E-state index in [0.717, 1.165) is 12.8 Å². The fourth-order valence-electron chi connectivity index (χ4n) is 1.47. The predicted molar refractivity (Wildman–Crippen MR) is 50.8 cm³/mol. The van der Waals surface area contributed by atoms with E-state index in [1.807, 2.05) is 0 Å². The van der Waals surface area contributed by atoms with E-state index < -0.39 is 5.97 Å². The molecule has 0 aromatic heterocycles. The van der Waals surface area contributed by atoms with Crippen molar-refractivity contribution in [3.63, 3.8) is 0 Å². The number of carbonyl (C=O) groups is 1. The molecule has 0 heterocycles. The van der Waals surface area contributed by atoms with Crippen molar-refractivity contribution in [2.75, 3.05) is 0 Å². The van der Waals surface area contributed by atoms with Crippen molar-refractivity contribution in [1.82, 2.24) is 5.43 Å². The van der Waals surface area contributed by atoms with Crippen LogP contribution in [0.2, 0.25) is 0 Å². The number of nitrogens with one attached hydrogen (secondary N) is 1. The number of carboxylic acids is 1. The molecule has 0 aromatic rings. The molecule has 1 rings (SSSR count).